The molecule has 0 fully saturated rings. The van der Waals surface area contributed by atoms with Crippen molar-refractivity contribution in [2.45, 2.75) is 16.7 Å². The number of amides is 2. The fourth-order valence-corrected chi connectivity index (χ4v) is 4.72. The van der Waals surface area contributed by atoms with Crippen LogP contribution in [0.5, 0.6) is 11.5 Å². The van der Waals surface area contributed by atoms with Crippen molar-refractivity contribution in [2.24, 2.45) is 0 Å². The summed E-state index contributed by atoms with van der Waals surface area (Å²) in [6, 6.07) is 17.2. The Hall–Kier alpha value is -3.98. The average molecular weight is 493 g/mol. The average Bonchev–Trinajstić information content (AvgIpc) is 2.98. The molecule has 35 heavy (non-hydrogen) atoms. The number of fused-ring (bicyclic) bond motifs is 2. The van der Waals surface area contributed by atoms with Gasteiger partial charge in [-0.2, -0.15) is 0 Å². The van der Waals surface area contributed by atoms with Gasteiger partial charge in [0.1, 0.15) is 18.0 Å². The molecule has 1 N–H and O–H groups in total. The number of benzene rings is 3. The van der Waals surface area contributed by atoms with Gasteiger partial charge in [-0.05, 0) is 49.4 Å². The van der Waals surface area contributed by atoms with E-state index in [4.69, 9.17) is 14.2 Å². The third kappa shape index (κ3) is 5.09. The molecule has 4 rings (SSSR count). The van der Waals surface area contributed by atoms with E-state index < -0.39 is 11.9 Å². The van der Waals surface area contributed by atoms with Gasteiger partial charge >= 0.3 is 5.97 Å². The fourth-order valence-electron chi connectivity index (χ4n) is 3.66. The second-order valence-corrected chi connectivity index (χ2v) is 8.59. The molecule has 0 saturated carbocycles. The molecule has 8 nitrogen and oxygen atoms in total. The van der Waals surface area contributed by atoms with Crippen LogP contribution < -0.4 is 19.7 Å². The Labute approximate surface area is 207 Å². The van der Waals surface area contributed by atoms with E-state index in [2.05, 4.69) is 5.32 Å². The van der Waals surface area contributed by atoms with Crippen molar-refractivity contribution in [2.75, 3.05) is 37.6 Å². The Morgan fingerprint density at radius 2 is 1.77 bits per heavy atom. The van der Waals surface area contributed by atoms with Gasteiger partial charge in [-0.25, -0.2) is 4.79 Å². The molecule has 0 unspecified atom stereocenters. The van der Waals surface area contributed by atoms with Gasteiger partial charge in [-0.3, -0.25) is 14.5 Å². The van der Waals surface area contributed by atoms with Crippen molar-refractivity contribution in [3.05, 3.63) is 71.8 Å². The number of hydrogen-bond acceptors (Lipinski definition) is 7. The molecule has 9 heteroatoms. The largest absolute Gasteiger partial charge is 0.497 e. The normalized spacial score (nSPS) is 12.2. The van der Waals surface area contributed by atoms with Gasteiger partial charge in [-0.15, -0.1) is 0 Å². The van der Waals surface area contributed by atoms with Crippen molar-refractivity contribution >= 4 is 40.9 Å². The molecule has 0 spiro atoms. The summed E-state index contributed by atoms with van der Waals surface area (Å²) in [6.07, 6.45) is 0. The van der Waals surface area contributed by atoms with E-state index in [0.717, 1.165) is 9.79 Å². The molecule has 2 amide bonds. The number of esters is 1. The molecule has 1 heterocycles. The maximum atomic E-state index is 13.6. The number of carbonyl (C=O) groups excluding carboxylic acids is 3. The molecule has 0 saturated heterocycles. The van der Waals surface area contributed by atoms with E-state index in [1.165, 1.54) is 30.9 Å². The minimum Gasteiger partial charge on any atom is -0.497 e. The van der Waals surface area contributed by atoms with Crippen LogP contribution in [0.3, 0.4) is 0 Å². The van der Waals surface area contributed by atoms with Crippen molar-refractivity contribution < 1.29 is 28.6 Å². The molecule has 3 aromatic rings. The highest BCUT2D eigenvalue weighted by Crippen LogP contribution is 2.42. The van der Waals surface area contributed by atoms with Crippen LogP contribution in [0.25, 0.3) is 0 Å². The molecule has 0 bridgehead atoms. The van der Waals surface area contributed by atoms with E-state index >= 15 is 0 Å². The predicted molar refractivity (Wildman–Crippen MR) is 133 cm³/mol. The van der Waals surface area contributed by atoms with Crippen LogP contribution in [0.15, 0.2) is 70.5 Å². The predicted octanol–water partition coefficient (Wildman–Crippen LogP) is 4.63. The van der Waals surface area contributed by atoms with Crippen molar-refractivity contribution in [3.63, 3.8) is 0 Å². The highest BCUT2D eigenvalue weighted by molar-refractivity contribution is 7.99. The molecule has 0 atom stereocenters. The number of nitrogens with one attached hydrogen (secondary N) is 1. The van der Waals surface area contributed by atoms with E-state index in [0.29, 0.717) is 34.0 Å². The monoisotopic (exact) mass is 492 g/mol. The van der Waals surface area contributed by atoms with Gasteiger partial charge < -0.3 is 19.5 Å². The molecule has 0 aliphatic carbocycles. The maximum Gasteiger partial charge on any atom is 0.338 e. The van der Waals surface area contributed by atoms with Gasteiger partial charge in [0.15, 0.2) is 0 Å². The Morgan fingerprint density at radius 1 is 0.971 bits per heavy atom. The third-order valence-corrected chi connectivity index (χ3v) is 6.47. The first-order chi connectivity index (χ1) is 16.9. The summed E-state index contributed by atoms with van der Waals surface area (Å²) >= 11 is 1.40. The first-order valence-corrected chi connectivity index (χ1v) is 11.7. The van der Waals surface area contributed by atoms with E-state index in [1.54, 1.807) is 55.5 Å². The molecule has 0 aromatic heterocycles. The maximum absolute atomic E-state index is 13.6. The van der Waals surface area contributed by atoms with E-state index in [1.807, 2.05) is 12.1 Å². The lowest BCUT2D eigenvalue weighted by molar-refractivity contribution is -0.114. The molecule has 1 aliphatic rings. The Morgan fingerprint density at radius 3 is 2.51 bits per heavy atom. The van der Waals surface area contributed by atoms with Crippen LogP contribution in [0.2, 0.25) is 0 Å². The van der Waals surface area contributed by atoms with Gasteiger partial charge in [-0.1, -0.05) is 23.9 Å². The minimum atomic E-state index is -0.500. The lowest BCUT2D eigenvalue weighted by atomic mass is 10.1. The number of ether oxygens (including phenoxy) is 3. The number of hydrogen-bond donors (Lipinski definition) is 1. The molecule has 3 aromatic carbocycles. The lowest BCUT2D eigenvalue weighted by Gasteiger charge is -2.23. The second-order valence-electron chi connectivity index (χ2n) is 7.51. The fraction of sp³-hybridized carbons (Fsp3) is 0.192. The van der Waals surface area contributed by atoms with Crippen LogP contribution in [-0.2, 0) is 9.53 Å². The molecular formula is C26H24N2O6S. The topological polar surface area (TPSA) is 94.2 Å². The van der Waals surface area contributed by atoms with Crippen LogP contribution >= 0.6 is 11.8 Å². The van der Waals surface area contributed by atoms with Gasteiger partial charge in [0.2, 0.25) is 5.91 Å². The summed E-state index contributed by atoms with van der Waals surface area (Å²) in [6.45, 7) is 1.66. The summed E-state index contributed by atoms with van der Waals surface area (Å²) in [5, 5.41) is 2.80. The molecular weight excluding hydrogens is 468 g/mol. The number of anilines is 2. The van der Waals surface area contributed by atoms with Crippen LogP contribution in [-0.4, -0.2) is 45.2 Å². The zero-order valence-electron chi connectivity index (χ0n) is 19.5. The van der Waals surface area contributed by atoms with Crippen molar-refractivity contribution in [1.82, 2.24) is 0 Å². The second kappa shape index (κ2) is 10.5. The van der Waals surface area contributed by atoms with Gasteiger partial charge in [0.05, 0.1) is 43.3 Å². The Kier molecular flexibility index (Phi) is 7.26. The first kappa shape index (κ1) is 24.2. The van der Waals surface area contributed by atoms with Crippen molar-refractivity contribution in [1.29, 1.82) is 0 Å². The summed E-state index contributed by atoms with van der Waals surface area (Å²) in [5.74, 6) is -0.295. The summed E-state index contributed by atoms with van der Waals surface area (Å²) in [7, 11) is 3.02. The van der Waals surface area contributed by atoms with Crippen molar-refractivity contribution in [3.8, 4) is 11.5 Å². The summed E-state index contributed by atoms with van der Waals surface area (Å²) in [5.41, 5.74) is 1.63. The van der Waals surface area contributed by atoms with Crippen LogP contribution in [0.4, 0.5) is 11.4 Å². The molecule has 180 valence electrons. The van der Waals surface area contributed by atoms with Crippen LogP contribution in [0.1, 0.15) is 27.6 Å². The first-order valence-electron chi connectivity index (χ1n) is 10.9. The highest BCUT2D eigenvalue weighted by atomic mass is 32.2. The smallest absolute Gasteiger partial charge is 0.338 e. The zero-order valence-corrected chi connectivity index (χ0v) is 20.3. The number of carbonyl (C=O) groups is 3. The molecule has 1 aliphatic heterocycles. The molecule has 0 radical (unpaired) electrons. The van der Waals surface area contributed by atoms with Gasteiger partial charge in [0, 0.05) is 15.9 Å². The van der Waals surface area contributed by atoms with Crippen LogP contribution in [0, 0.1) is 0 Å². The minimum absolute atomic E-state index is 0.226. The SMILES string of the molecule is CCOC(=O)c1ccc2c(c1)N(CC(=O)Nc1cc(OC)ccc1OC)C(=O)c1ccccc1S2. The Bertz CT molecular complexity index is 1290. The highest BCUT2D eigenvalue weighted by Gasteiger charge is 2.30. The lowest BCUT2D eigenvalue weighted by Crippen LogP contribution is -2.38. The number of nitrogens with zero attached hydrogens (tertiary/aromatic N) is 1. The standard InChI is InChI=1S/C26H24N2O6S/c1-4-34-26(31)16-9-12-23-20(13-16)28(25(30)18-7-5-6-8-22(18)35-23)15-24(29)27-19-14-17(32-2)10-11-21(19)33-3/h5-14H,4,15H2,1-3H3,(H,27,29). The number of rotatable bonds is 7. The summed E-state index contributed by atoms with van der Waals surface area (Å²) in [4.78, 5) is 42.0. The Balaban J connectivity index is 1.71. The number of methoxy groups -OCH3 is 2. The third-order valence-electron chi connectivity index (χ3n) is 5.33. The summed E-state index contributed by atoms with van der Waals surface area (Å²) < 4.78 is 15.7. The zero-order chi connectivity index (χ0) is 24.9. The van der Waals surface area contributed by atoms with E-state index in [-0.39, 0.29) is 19.1 Å². The quantitative estimate of drug-likeness (QED) is 0.481. The van der Waals surface area contributed by atoms with Gasteiger partial charge in [0.25, 0.3) is 5.91 Å². The van der Waals surface area contributed by atoms with E-state index in [9.17, 15) is 14.4 Å².